The molecular weight excluding hydrogens is 349 g/mol. The first-order valence-corrected chi connectivity index (χ1v) is 8.17. The Morgan fingerprint density at radius 1 is 1.30 bits per heavy atom. The molecule has 0 atom stereocenters. The Balaban J connectivity index is 1.97. The first kappa shape index (κ1) is 13.7. The van der Waals surface area contributed by atoms with Crippen LogP contribution in [0.5, 0.6) is 0 Å². The van der Waals surface area contributed by atoms with Gasteiger partial charge in [-0.2, -0.15) is 4.31 Å². The van der Waals surface area contributed by atoms with Crippen molar-refractivity contribution in [1.29, 1.82) is 0 Å². The highest BCUT2D eigenvalue weighted by Gasteiger charge is 2.30. The van der Waals surface area contributed by atoms with E-state index >= 15 is 0 Å². The summed E-state index contributed by atoms with van der Waals surface area (Å²) in [7, 11) is -3.85. The minimum atomic E-state index is -3.85. The summed E-state index contributed by atoms with van der Waals surface area (Å²) >= 11 is 3.11. The first-order chi connectivity index (χ1) is 9.48. The smallest absolute Gasteiger partial charge is 0.246 e. The van der Waals surface area contributed by atoms with Crippen molar-refractivity contribution in [3.63, 3.8) is 0 Å². The summed E-state index contributed by atoms with van der Waals surface area (Å²) < 4.78 is 42.5. The second-order valence-corrected chi connectivity index (χ2v) is 7.27. The van der Waals surface area contributed by atoms with E-state index in [1.807, 2.05) is 4.57 Å². The fourth-order valence-electron chi connectivity index (χ4n) is 2.18. The lowest BCUT2D eigenvalue weighted by Gasteiger charge is -2.27. The van der Waals surface area contributed by atoms with E-state index in [2.05, 4.69) is 20.9 Å². The zero-order valence-electron chi connectivity index (χ0n) is 10.3. The fraction of sp³-hybridized carbons (Fsp3) is 0.250. The maximum Gasteiger partial charge on any atom is 0.246 e. The molecule has 106 valence electrons. The molecule has 2 heterocycles. The number of sulfonamides is 1. The topological polar surface area (TPSA) is 55.2 Å². The van der Waals surface area contributed by atoms with Gasteiger partial charge in [-0.25, -0.2) is 17.8 Å². The minimum Gasteiger partial charge on any atom is -0.333 e. The largest absolute Gasteiger partial charge is 0.333 e. The van der Waals surface area contributed by atoms with E-state index in [0.29, 0.717) is 23.4 Å². The molecule has 0 spiro atoms. The van der Waals surface area contributed by atoms with Crippen LogP contribution in [-0.4, -0.2) is 28.8 Å². The summed E-state index contributed by atoms with van der Waals surface area (Å²) in [5.41, 5.74) is 0. The van der Waals surface area contributed by atoms with Crippen molar-refractivity contribution >= 4 is 26.0 Å². The highest BCUT2D eigenvalue weighted by atomic mass is 79.9. The Labute approximate surface area is 124 Å². The third kappa shape index (κ3) is 2.27. The lowest BCUT2D eigenvalue weighted by Crippen LogP contribution is -2.38. The number of benzene rings is 1. The Bertz CT molecular complexity index is 760. The standard InChI is InChI=1S/C12H11BrFN3O2S/c13-9-1-2-11(10(14)7-9)20(18,19)17-6-5-16-4-3-15-12(16)8-17/h1-4,7H,5-6,8H2. The molecule has 5 nitrogen and oxygen atoms in total. The van der Waals surface area contributed by atoms with Gasteiger partial charge in [-0.05, 0) is 18.2 Å². The number of hydrogen-bond donors (Lipinski definition) is 0. The van der Waals surface area contributed by atoms with Gasteiger partial charge in [-0.15, -0.1) is 0 Å². The molecule has 0 radical (unpaired) electrons. The van der Waals surface area contributed by atoms with Gasteiger partial charge in [0.25, 0.3) is 0 Å². The van der Waals surface area contributed by atoms with Crippen LogP contribution in [0.1, 0.15) is 5.82 Å². The summed E-state index contributed by atoms with van der Waals surface area (Å²) in [6.45, 7) is 0.985. The Morgan fingerprint density at radius 2 is 2.10 bits per heavy atom. The monoisotopic (exact) mass is 359 g/mol. The van der Waals surface area contributed by atoms with Gasteiger partial charge in [-0.3, -0.25) is 0 Å². The highest BCUT2D eigenvalue weighted by Crippen LogP contribution is 2.25. The van der Waals surface area contributed by atoms with Crippen LogP contribution in [0.3, 0.4) is 0 Å². The predicted octanol–water partition coefficient (Wildman–Crippen LogP) is 1.99. The highest BCUT2D eigenvalue weighted by molar-refractivity contribution is 9.10. The van der Waals surface area contributed by atoms with E-state index in [0.717, 1.165) is 6.07 Å². The third-order valence-electron chi connectivity index (χ3n) is 3.22. The molecule has 0 bridgehead atoms. The SMILES string of the molecule is O=S(=O)(c1ccc(Br)cc1F)N1CCn2ccnc2C1. The van der Waals surface area contributed by atoms with Gasteiger partial charge in [-0.1, -0.05) is 15.9 Å². The molecule has 0 amide bonds. The number of nitrogens with zero attached hydrogens (tertiary/aromatic N) is 3. The van der Waals surface area contributed by atoms with Crippen LogP contribution in [0.2, 0.25) is 0 Å². The summed E-state index contributed by atoms with van der Waals surface area (Å²) in [5, 5.41) is 0. The molecule has 0 saturated carbocycles. The molecule has 0 aliphatic carbocycles. The predicted molar refractivity (Wildman–Crippen MR) is 73.9 cm³/mol. The van der Waals surface area contributed by atoms with Crippen LogP contribution in [-0.2, 0) is 23.1 Å². The number of rotatable bonds is 2. The van der Waals surface area contributed by atoms with Crippen molar-refractivity contribution < 1.29 is 12.8 Å². The van der Waals surface area contributed by atoms with Crippen molar-refractivity contribution in [2.45, 2.75) is 18.0 Å². The first-order valence-electron chi connectivity index (χ1n) is 5.94. The second kappa shape index (κ2) is 4.94. The molecule has 1 aliphatic rings. The molecule has 1 aromatic carbocycles. The molecule has 1 aromatic heterocycles. The van der Waals surface area contributed by atoms with Crippen molar-refractivity contribution in [2.24, 2.45) is 0 Å². The van der Waals surface area contributed by atoms with Crippen LogP contribution in [0.25, 0.3) is 0 Å². The van der Waals surface area contributed by atoms with Gasteiger partial charge in [0, 0.05) is 30.0 Å². The molecule has 1 aliphatic heterocycles. The third-order valence-corrected chi connectivity index (χ3v) is 5.59. The summed E-state index contributed by atoms with van der Waals surface area (Å²) in [5.74, 6) is -0.0920. The summed E-state index contributed by atoms with van der Waals surface area (Å²) in [6.07, 6.45) is 3.44. The molecule has 0 fully saturated rings. The zero-order chi connectivity index (χ0) is 14.3. The van der Waals surface area contributed by atoms with Gasteiger partial charge < -0.3 is 4.57 Å². The van der Waals surface area contributed by atoms with E-state index in [9.17, 15) is 12.8 Å². The summed E-state index contributed by atoms with van der Waals surface area (Å²) in [4.78, 5) is 3.80. The number of halogens is 2. The van der Waals surface area contributed by atoms with Gasteiger partial charge in [0.2, 0.25) is 10.0 Å². The molecule has 0 unspecified atom stereocenters. The molecular formula is C12H11BrFN3O2S. The van der Waals surface area contributed by atoms with Crippen molar-refractivity contribution in [1.82, 2.24) is 13.9 Å². The molecule has 2 aromatic rings. The lowest BCUT2D eigenvalue weighted by molar-refractivity contribution is 0.334. The Hall–Kier alpha value is -1.25. The van der Waals surface area contributed by atoms with E-state index < -0.39 is 15.8 Å². The summed E-state index contributed by atoms with van der Waals surface area (Å²) in [6, 6.07) is 3.94. The number of aromatic nitrogens is 2. The van der Waals surface area contributed by atoms with Crippen molar-refractivity contribution in [3.8, 4) is 0 Å². The van der Waals surface area contributed by atoms with Crippen LogP contribution < -0.4 is 0 Å². The molecule has 0 N–H and O–H groups in total. The quantitative estimate of drug-likeness (QED) is 0.823. The fourth-order valence-corrected chi connectivity index (χ4v) is 3.94. The lowest BCUT2D eigenvalue weighted by atomic mass is 10.3. The molecule has 20 heavy (non-hydrogen) atoms. The van der Waals surface area contributed by atoms with Crippen molar-refractivity contribution in [2.75, 3.05) is 6.54 Å². The Kier molecular flexibility index (Phi) is 3.39. The maximum atomic E-state index is 13.9. The normalized spacial score (nSPS) is 16.1. The minimum absolute atomic E-state index is 0.158. The van der Waals surface area contributed by atoms with E-state index in [1.165, 1.54) is 16.4 Å². The van der Waals surface area contributed by atoms with Gasteiger partial charge >= 0.3 is 0 Å². The van der Waals surface area contributed by atoms with Crippen LogP contribution >= 0.6 is 15.9 Å². The van der Waals surface area contributed by atoms with Crippen LogP contribution in [0, 0.1) is 5.82 Å². The van der Waals surface area contributed by atoms with Gasteiger partial charge in [0.15, 0.2) is 0 Å². The van der Waals surface area contributed by atoms with E-state index in [4.69, 9.17) is 0 Å². The van der Waals surface area contributed by atoms with E-state index in [1.54, 1.807) is 12.4 Å². The molecule has 0 saturated heterocycles. The van der Waals surface area contributed by atoms with E-state index in [-0.39, 0.29) is 11.4 Å². The molecule has 8 heteroatoms. The Morgan fingerprint density at radius 3 is 2.85 bits per heavy atom. The zero-order valence-corrected chi connectivity index (χ0v) is 12.7. The number of hydrogen-bond acceptors (Lipinski definition) is 3. The number of fused-ring (bicyclic) bond motifs is 1. The maximum absolute atomic E-state index is 13.9. The second-order valence-electron chi connectivity index (χ2n) is 4.45. The number of imidazole rings is 1. The van der Waals surface area contributed by atoms with Crippen LogP contribution in [0.15, 0.2) is 40.0 Å². The van der Waals surface area contributed by atoms with Crippen molar-refractivity contribution in [3.05, 3.63) is 46.7 Å². The van der Waals surface area contributed by atoms with Gasteiger partial charge in [0.05, 0.1) is 6.54 Å². The van der Waals surface area contributed by atoms with Gasteiger partial charge in [0.1, 0.15) is 16.5 Å². The average Bonchev–Trinajstić information content (AvgIpc) is 2.85. The molecule has 3 rings (SSSR count). The average molecular weight is 360 g/mol. The van der Waals surface area contributed by atoms with Crippen LogP contribution in [0.4, 0.5) is 4.39 Å².